The van der Waals surface area contributed by atoms with Gasteiger partial charge in [-0.25, -0.2) is 4.68 Å². The quantitative estimate of drug-likeness (QED) is 0.785. The molecule has 1 fully saturated rings. The SMILES string of the molecule is c1ccc(CCSc2nnnn2C2CCCC2)nc1. The smallest absolute Gasteiger partial charge is 0.209 e. The summed E-state index contributed by atoms with van der Waals surface area (Å²) in [6.45, 7) is 0. The maximum absolute atomic E-state index is 4.33. The molecule has 6 heteroatoms. The molecular weight excluding hydrogens is 258 g/mol. The van der Waals surface area contributed by atoms with Gasteiger partial charge in [-0.15, -0.1) is 5.10 Å². The fourth-order valence-electron chi connectivity index (χ4n) is 2.45. The Balaban J connectivity index is 1.57. The minimum Gasteiger partial charge on any atom is -0.261 e. The number of pyridine rings is 1. The van der Waals surface area contributed by atoms with E-state index in [9.17, 15) is 0 Å². The summed E-state index contributed by atoms with van der Waals surface area (Å²) in [7, 11) is 0. The molecule has 2 heterocycles. The van der Waals surface area contributed by atoms with E-state index in [1.165, 1.54) is 25.7 Å². The van der Waals surface area contributed by atoms with Gasteiger partial charge in [-0.1, -0.05) is 30.7 Å². The number of rotatable bonds is 5. The summed E-state index contributed by atoms with van der Waals surface area (Å²) < 4.78 is 2.01. The van der Waals surface area contributed by atoms with Gasteiger partial charge >= 0.3 is 0 Å². The first-order valence-corrected chi connectivity index (χ1v) is 7.72. The van der Waals surface area contributed by atoms with Crippen LogP contribution in [0.1, 0.15) is 37.4 Å². The van der Waals surface area contributed by atoms with Gasteiger partial charge in [0.05, 0.1) is 6.04 Å². The van der Waals surface area contributed by atoms with Crippen molar-refractivity contribution in [3.8, 4) is 0 Å². The van der Waals surface area contributed by atoms with Crippen molar-refractivity contribution in [1.29, 1.82) is 0 Å². The topological polar surface area (TPSA) is 56.5 Å². The molecule has 0 N–H and O–H groups in total. The van der Waals surface area contributed by atoms with Gasteiger partial charge in [-0.3, -0.25) is 4.98 Å². The Hall–Kier alpha value is -1.43. The van der Waals surface area contributed by atoms with Crippen LogP contribution in [-0.2, 0) is 6.42 Å². The first-order valence-electron chi connectivity index (χ1n) is 6.74. The molecule has 0 atom stereocenters. The van der Waals surface area contributed by atoms with Crippen LogP contribution in [0.4, 0.5) is 0 Å². The minimum absolute atomic E-state index is 0.507. The summed E-state index contributed by atoms with van der Waals surface area (Å²) in [4.78, 5) is 4.33. The molecule has 2 aromatic rings. The van der Waals surface area contributed by atoms with Crippen molar-refractivity contribution in [2.45, 2.75) is 43.3 Å². The second-order valence-corrected chi connectivity index (χ2v) is 5.83. The first kappa shape index (κ1) is 12.6. The molecule has 1 aliphatic rings. The highest BCUT2D eigenvalue weighted by molar-refractivity contribution is 7.99. The Morgan fingerprint density at radius 2 is 2.16 bits per heavy atom. The predicted molar refractivity (Wildman–Crippen MR) is 74.0 cm³/mol. The summed E-state index contributed by atoms with van der Waals surface area (Å²) in [5, 5.41) is 13.0. The van der Waals surface area contributed by atoms with Crippen molar-refractivity contribution in [3.05, 3.63) is 30.1 Å². The standard InChI is InChI=1S/C13H17N5S/c1-2-7-12(6-1)18-13(15-16-17-18)19-10-8-11-5-3-4-9-14-11/h3-5,9,12H,1-2,6-8,10H2. The van der Waals surface area contributed by atoms with Gasteiger partial charge in [0.1, 0.15) is 0 Å². The molecule has 0 unspecified atom stereocenters. The zero-order valence-electron chi connectivity index (χ0n) is 10.8. The molecule has 19 heavy (non-hydrogen) atoms. The lowest BCUT2D eigenvalue weighted by atomic mass is 10.3. The largest absolute Gasteiger partial charge is 0.261 e. The molecule has 1 aliphatic carbocycles. The van der Waals surface area contributed by atoms with Crippen LogP contribution < -0.4 is 0 Å². The van der Waals surface area contributed by atoms with Crippen LogP contribution in [0, 0.1) is 0 Å². The van der Waals surface area contributed by atoms with E-state index in [2.05, 4.69) is 26.6 Å². The third kappa shape index (κ3) is 3.12. The summed E-state index contributed by atoms with van der Waals surface area (Å²) >= 11 is 1.72. The number of thioether (sulfide) groups is 1. The molecule has 5 nitrogen and oxygen atoms in total. The number of tetrazole rings is 1. The lowest BCUT2D eigenvalue weighted by molar-refractivity contribution is 0.423. The van der Waals surface area contributed by atoms with Crippen LogP contribution in [0.2, 0.25) is 0 Å². The molecule has 0 spiro atoms. The highest BCUT2D eigenvalue weighted by atomic mass is 32.2. The van der Waals surface area contributed by atoms with E-state index >= 15 is 0 Å². The molecule has 1 saturated carbocycles. The fraction of sp³-hybridized carbons (Fsp3) is 0.538. The third-order valence-corrected chi connectivity index (χ3v) is 4.38. The number of hydrogen-bond donors (Lipinski definition) is 0. The normalized spacial score (nSPS) is 16.0. The van der Waals surface area contributed by atoms with Crippen molar-refractivity contribution < 1.29 is 0 Å². The molecule has 0 aliphatic heterocycles. The molecule has 0 aromatic carbocycles. The van der Waals surface area contributed by atoms with Crippen LogP contribution in [0.15, 0.2) is 29.6 Å². The van der Waals surface area contributed by atoms with Crippen molar-refractivity contribution >= 4 is 11.8 Å². The Labute approximate surface area is 116 Å². The van der Waals surface area contributed by atoms with Crippen LogP contribution in [-0.4, -0.2) is 30.9 Å². The average Bonchev–Trinajstić information content (AvgIpc) is 3.10. The van der Waals surface area contributed by atoms with Crippen molar-refractivity contribution in [1.82, 2.24) is 25.2 Å². The highest BCUT2D eigenvalue weighted by Gasteiger charge is 2.21. The van der Waals surface area contributed by atoms with Crippen LogP contribution in [0.3, 0.4) is 0 Å². The number of hydrogen-bond acceptors (Lipinski definition) is 5. The lowest BCUT2D eigenvalue weighted by Gasteiger charge is -2.10. The van der Waals surface area contributed by atoms with Gasteiger partial charge in [0.15, 0.2) is 0 Å². The molecule has 0 radical (unpaired) electrons. The molecule has 100 valence electrons. The molecular formula is C13H17N5S. The van der Waals surface area contributed by atoms with Gasteiger partial charge < -0.3 is 0 Å². The molecule has 0 bridgehead atoms. The van der Waals surface area contributed by atoms with E-state index in [-0.39, 0.29) is 0 Å². The van der Waals surface area contributed by atoms with Gasteiger partial charge in [0.2, 0.25) is 5.16 Å². The summed E-state index contributed by atoms with van der Waals surface area (Å²) in [6, 6.07) is 6.53. The summed E-state index contributed by atoms with van der Waals surface area (Å²) in [5.74, 6) is 0.962. The van der Waals surface area contributed by atoms with E-state index in [0.717, 1.165) is 23.0 Å². The number of aromatic nitrogens is 5. The zero-order valence-corrected chi connectivity index (χ0v) is 11.6. The summed E-state index contributed by atoms with van der Waals surface area (Å²) in [6.07, 6.45) is 7.79. The average molecular weight is 275 g/mol. The van der Waals surface area contributed by atoms with Gasteiger partial charge in [-0.05, 0) is 41.8 Å². The van der Waals surface area contributed by atoms with Crippen LogP contribution in [0.25, 0.3) is 0 Å². The molecule has 2 aromatic heterocycles. The maximum atomic E-state index is 4.33. The van der Waals surface area contributed by atoms with E-state index < -0.39 is 0 Å². The van der Waals surface area contributed by atoms with Crippen molar-refractivity contribution in [3.63, 3.8) is 0 Å². The number of nitrogens with zero attached hydrogens (tertiary/aromatic N) is 5. The third-order valence-electron chi connectivity index (χ3n) is 3.45. The predicted octanol–water partition coefficient (Wildman–Crippen LogP) is 2.52. The van der Waals surface area contributed by atoms with E-state index in [0.29, 0.717) is 6.04 Å². The molecule has 0 saturated heterocycles. The van der Waals surface area contributed by atoms with E-state index in [4.69, 9.17) is 0 Å². The Morgan fingerprint density at radius 3 is 2.95 bits per heavy atom. The molecule has 3 rings (SSSR count). The minimum atomic E-state index is 0.507. The van der Waals surface area contributed by atoms with Gasteiger partial charge in [0.25, 0.3) is 0 Å². The van der Waals surface area contributed by atoms with Crippen LogP contribution >= 0.6 is 11.8 Å². The molecule has 0 amide bonds. The summed E-state index contributed by atoms with van der Waals surface area (Å²) in [5.41, 5.74) is 1.12. The van der Waals surface area contributed by atoms with Crippen LogP contribution in [0.5, 0.6) is 0 Å². The van der Waals surface area contributed by atoms with Gasteiger partial charge in [-0.2, -0.15) is 0 Å². The Morgan fingerprint density at radius 1 is 1.26 bits per heavy atom. The second kappa shape index (κ2) is 6.14. The monoisotopic (exact) mass is 275 g/mol. The fourth-order valence-corrected chi connectivity index (χ4v) is 3.36. The highest BCUT2D eigenvalue weighted by Crippen LogP contribution is 2.31. The van der Waals surface area contributed by atoms with Crippen molar-refractivity contribution in [2.75, 3.05) is 5.75 Å². The van der Waals surface area contributed by atoms with E-state index in [1.54, 1.807) is 11.8 Å². The maximum Gasteiger partial charge on any atom is 0.209 e. The Bertz CT molecular complexity index is 507. The first-order chi connectivity index (χ1) is 9.43. The Kier molecular flexibility index (Phi) is 4.07. The zero-order chi connectivity index (χ0) is 12.9. The van der Waals surface area contributed by atoms with E-state index in [1.807, 2.05) is 23.0 Å². The van der Waals surface area contributed by atoms with Gasteiger partial charge in [0, 0.05) is 17.6 Å². The number of aryl methyl sites for hydroxylation is 1. The van der Waals surface area contributed by atoms with Crippen molar-refractivity contribution in [2.24, 2.45) is 0 Å². The lowest BCUT2D eigenvalue weighted by Crippen LogP contribution is -2.08. The second-order valence-electron chi connectivity index (χ2n) is 4.76.